The van der Waals surface area contributed by atoms with Crippen molar-refractivity contribution in [1.82, 2.24) is 10.2 Å². The van der Waals surface area contributed by atoms with Crippen LogP contribution in [0.3, 0.4) is 0 Å². The quantitative estimate of drug-likeness (QED) is 0.674. The fraction of sp³-hybridized carbons (Fsp3) is 0.364. The minimum absolute atomic E-state index is 0.107. The van der Waals surface area contributed by atoms with Crippen LogP contribution in [-0.4, -0.2) is 50.1 Å². The number of carbonyl (C=O) groups excluding carboxylic acids is 2. The number of likely N-dealkylation sites (tertiary alicyclic amines) is 1. The van der Waals surface area contributed by atoms with E-state index in [0.717, 1.165) is 17.5 Å². The van der Waals surface area contributed by atoms with E-state index >= 15 is 0 Å². The Balaban J connectivity index is 1.50. The summed E-state index contributed by atoms with van der Waals surface area (Å²) in [6.07, 6.45) is 1.62. The van der Waals surface area contributed by atoms with Crippen LogP contribution in [0.5, 0.6) is 11.5 Å². The Bertz CT molecular complexity index is 823. The zero-order valence-corrected chi connectivity index (χ0v) is 16.3. The summed E-state index contributed by atoms with van der Waals surface area (Å²) in [5.74, 6) is 1.13. The molecule has 28 heavy (non-hydrogen) atoms. The third-order valence-corrected chi connectivity index (χ3v) is 4.96. The van der Waals surface area contributed by atoms with Gasteiger partial charge in [0, 0.05) is 6.54 Å². The summed E-state index contributed by atoms with van der Waals surface area (Å²) in [5.41, 5.74) is 2.19. The standard InChI is InChI=1S/C22H26N2O4/c1-27-19-9-8-17(14-20(19)28-2)10-12-23-18-15-21(25)24(22(18)26)13-11-16-6-4-3-5-7-16/h3-9,14,18,23H,10-13,15H2,1-2H3/t18-/m0/s1. The van der Waals surface area contributed by atoms with E-state index in [0.29, 0.717) is 31.0 Å². The first-order valence-electron chi connectivity index (χ1n) is 9.44. The Kier molecular flexibility index (Phi) is 6.66. The highest BCUT2D eigenvalue weighted by molar-refractivity contribution is 6.05. The van der Waals surface area contributed by atoms with Crippen LogP contribution in [0.2, 0.25) is 0 Å². The van der Waals surface area contributed by atoms with Gasteiger partial charge in [-0.2, -0.15) is 0 Å². The van der Waals surface area contributed by atoms with Gasteiger partial charge in [0.25, 0.3) is 0 Å². The molecule has 1 saturated heterocycles. The summed E-state index contributed by atoms with van der Waals surface area (Å²) in [7, 11) is 3.21. The highest BCUT2D eigenvalue weighted by Crippen LogP contribution is 2.27. The molecule has 1 fully saturated rings. The molecule has 6 heteroatoms. The predicted octanol–water partition coefficient (Wildman–Crippen LogP) is 2.21. The van der Waals surface area contributed by atoms with Crippen LogP contribution < -0.4 is 14.8 Å². The summed E-state index contributed by atoms with van der Waals surface area (Å²) >= 11 is 0. The van der Waals surface area contributed by atoms with Gasteiger partial charge in [-0.05, 0) is 42.6 Å². The lowest BCUT2D eigenvalue weighted by Crippen LogP contribution is -2.40. The molecule has 2 amide bonds. The maximum atomic E-state index is 12.6. The van der Waals surface area contributed by atoms with Gasteiger partial charge in [0.2, 0.25) is 11.8 Å². The summed E-state index contributed by atoms with van der Waals surface area (Å²) < 4.78 is 10.6. The van der Waals surface area contributed by atoms with Gasteiger partial charge in [-0.3, -0.25) is 14.5 Å². The minimum Gasteiger partial charge on any atom is -0.493 e. The lowest BCUT2D eigenvalue weighted by atomic mass is 10.1. The largest absolute Gasteiger partial charge is 0.493 e. The molecule has 1 aliphatic rings. The lowest BCUT2D eigenvalue weighted by Gasteiger charge is -2.16. The molecule has 0 saturated carbocycles. The normalized spacial score (nSPS) is 16.5. The monoisotopic (exact) mass is 382 g/mol. The maximum Gasteiger partial charge on any atom is 0.246 e. The number of carbonyl (C=O) groups is 2. The van der Waals surface area contributed by atoms with Gasteiger partial charge < -0.3 is 14.8 Å². The van der Waals surface area contributed by atoms with Crippen molar-refractivity contribution in [1.29, 1.82) is 0 Å². The molecular formula is C22H26N2O4. The maximum absolute atomic E-state index is 12.6. The Labute approximate surface area is 165 Å². The molecule has 0 bridgehead atoms. The Morgan fingerprint density at radius 3 is 2.43 bits per heavy atom. The first-order valence-corrected chi connectivity index (χ1v) is 9.44. The smallest absolute Gasteiger partial charge is 0.246 e. The molecular weight excluding hydrogens is 356 g/mol. The number of hydrogen-bond acceptors (Lipinski definition) is 5. The van der Waals surface area contributed by atoms with Crippen molar-refractivity contribution in [3.05, 3.63) is 59.7 Å². The van der Waals surface area contributed by atoms with E-state index in [2.05, 4.69) is 5.32 Å². The number of hydrogen-bond donors (Lipinski definition) is 1. The zero-order chi connectivity index (χ0) is 19.9. The number of ether oxygens (including phenoxy) is 2. The van der Waals surface area contributed by atoms with Crippen molar-refractivity contribution >= 4 is 11.8 Å². The van der Waals surface area contributed by atoms with Crippen LogP contribution >= 0.6 is 0 Å². The van der Waals surface area contributed by atoms with Crippen molar-refractivity contribution in [3.63, 3.8) is 0 Å². The minimum atomic E-state index is -0.441. The van der Waals surface area contributed by atoms with Crippen LogP contribution in [0.4, 0.5) is 0 Å². The van der Waals surface area contributed by atoms with Crippen LogP contribution in [-0.2, 0) is 22.4 Å². The number of methoxy groups -OCH3 is 2. The second-order valence-corrected chi connectivity index (χ2v) is 6.77. The van der Waals surface area contributed by atoms with E-state index in [-0.39, 0.29) is 18.2 Å². The molecule has 1 heterocycles. The Hall–Kier alpha value is -2.86. The Morgan fingerprint density at radius 2 is 1.71 bits per heavy atom. The molecule has 0 aromatic heterocycles. The first-order chi connectivity index (χ1) is 13.6. The molecule has 1 atom stereocenters. The summed E-state index contributed by atoms with van der Waals surface area (Å²) in [5, 5.41) is 3.22. The number of amides is 2. The van der Waals surface area contributed by atoms with Crippen molar-refractivity contribution in [3.8, 4) is 11.5 Å². The molecule has 1 aliphatic heterocycles. The molecule has 0 aliphatic carbocycles. The van der Waals surface area contributed by atoms with Crippen LogP contribution in [0.25, 0.3) is 0 Å². The van der Waals surface area contributed by atoms with Crippen molar-refractivity contribution < 1.29 is 19.1 Å². The zero-order valence-electron chi connectivity index (χ0n) is 16.3. The van der Waals surface area contributed by atoms with E-state index in [1.165, 1.54) is 4.90 Å². The van der Waals surface area contributed by atoms with E-state index in [1.54, 1.807) is 14.2 Å². The van der Waals surface area contributed by atoms with Gasteiger partial charge in [0.15, 0.2) is 11.5 Å². The van der Waals surface area contributed by atoms with Crippen LogP contribution in [0.1, 0.15) is 17.5 Å². The van der Waals surface area contributed by atoms with E-state index in [9.17, 15) is 9.59 Å². The molecule has 6 nitrogen and oxygen atoms in total. The van der Waals surface area contributed by atoms with E-state index < -0.39 is 6.04 Å². The highest BCUT2D eigenvalue weighted by Gasteiger charge is 2.37. The number of rotatable bonds is 9. The Morgan fingerprint density at radius 1 is 0.964 bits per heavy atom. The molecule has 1 N–H and O–H groups in total. The fourth-order valence-electron chi connectivity index (χ4n) is 3.39. The SMILES string of the molecule is COc1ccc(CCN[C@H]2CC(=O)N(CCc3ccccc3)C2=O)cc1OC. The third kappa shape index (κ3) is 4.70. The molecule has 0 spiro atoms. The predicted molar refractivity (Wildman–Crippen MR) is 107 cm³/mol. The first kappa shape index (κ1) is 19.9. The average molecular weight is 382 g/mol. The van der Waals surface area contributed by atoms with E-state index in [1.807, 2.05) is 48.5 Å². The summed E-state index contributed by atoms with van der Waals surface area (Å²) in [4.78, 5) is 26.2. The van der Waals surface area contributed by atoms with Crippen molar-refractivity contribution in [2.45, 2.75) is 25.3 Å². The molecule has 0 unspecified atom stereocenters. The van der Waals surface area contributed by atoms with Crippen molar-refractivity contribution in [2.24, 2.45) is 0 Å². The summed E-state index contributed by atoms with van der Waals surface area (Å²) in [6.45, 7) is 1.03. The number of nitrogens with zero attached hydrogens (tertiary/aromatic N) is 1. The molecule has 0 radical (unpaired) electrons. The number of imide groups is 1. The second kappa shape index (κ2) is 9.37. The highest BCUT2D eigenvalue weighted by atomic mass is 16.5. The molecule has 2 aromatic carbocycles. The molecule has 2 aromatic rings. The van der Waals surface area contributed by atoms with E-state index in [4.69, 9.17) is 9.47 Å². The second-order valence-electron chi connectivity index (χ2n) is 6.77. The van der Waals surface area contributed by atoms with Gasteiger partial charge in [-0.1, -0.05) is 36.4 Å². The van der Waals surface area contributed by atoms with Gasteiger partial charge in [0.1, 0.15) is 0 Å². The fourth-order valence-corrected chi connectivity index (χ4v) is 3.39. The van der Waals surface area contributed by atoms with Crippen molar-refractivity contribution in [2.75, 3.05) is 27.3 Å². The van der Waals surface area contributed by atoms with Crippen LogP contribution in [0, 0.1) is 0 Å². The number of nitrogens with one attached hydrogen (secondary N) is 1. The molecule has 148 valence electrons. The van der Waals surface area contributed by atoms with Gasteiger partial charge >= 0.3 is 0 Å². The summed E-state index contributed by atoms with van der Waals surface area (Å²) in [6, 6.07) is 15.2. The van der Waals surface area contributed by atoms with Gasteiger partial charge in [-0.25, -0.2) is 0 Å². The lowest BCUT2D eigenvalue weighted by molar-refractivity contribution is -0.138. The third-order valence-electron chi connectivity index (χ3n) is 4.96. The number of benzene rings is 2. The molecule has 3 rings (SSSR count). The van der Waals surface area contributed by atoms with Crippen LogP contribution in [0.15, 0.2) is 48.5 Å². The topological polar surface area (TPSA) is 67.9 Å². The van der Waals surface area contributed by atoms with Gasteiger partial charge in [0.05, 0.1) is 26.7 Å². The average Bonchev–Trinajstić information content (AvgIpc) is 3.00. The van der Waals surface area contributed by atoms with Gasteiger partial charge in [-0.15, -0.1) is 0 Å².